The van der Waals surface area contributed by atoms with Gasteiger partial charge in [0.2, 0.25) is 5.95 Å². The summed E-state index contributed by atoms with van der Waals surface area (Å²) in [5, 5.41) is 11.5. The summed E-state index contributed by atoms with van der Waals surface area (Å²) in [6, 6.07) is 16.5. The van der Waals surface area contributed by atoms with Crippen LogP contribution in [0.1, 0.15) is 36.6 Å². The maximum absolute atomic E-state index is 13.6. The molecule has 5 rings (SSSR count). The fraction of sp³-hybridized carbons (Fsp3) is 0.258. The summed E-state index contributed by atoms with van der Waals surface area (Å²) in [7, 11) is 3.10. The van der Waals surface area contributed by atoms with Crippen molar-refractivity contribution >= 4 is 34.4 Å². The van der Waals surface area contributed by atoms with Crippen LogP contribution in [-0.4, -0.2) is 47.6 Å². The van der Waals surface area contributed by atoms with Crippen LogP contribution in [0.25, 0.3) is 16.8 Å². The molecule has 1 amide bonds. The first-order valence-electron chi connectivity index (χ1n) is 12.9. The maximum Gasteiger partial charge on any atom is 0.302 e. The van der Waals surface area contributed by atoms with Crippen LogP contribution in [0.3, 0.4) is 0 Å². The molecule has 9 heteroatoms. The Balaban J connectivity index is 1.66. The minimum absolute atomic E-state index is 0.0495. The second-order valence-corrected chi connectivity index (χ2v) is 10.1. The molecule has 1 fully saturated rings. The van der Waals surface area contributed by atoms with E-state index in [0.717, 1.165) is 5.56 Å². The van der Waals surface area contributed by atoms with Crippen LogP contribution in [0.5, 0.6) is 17.2 Å². The number of nitrogens with zero attached hydrogens (tertiary/aromatic N) is 2. The average molecular weight is 542 g/mol. The lowest BCUT2D eigenvalue weighted by molar-refractivity contribution is -0.132. The van der Waals surface area contributed by atoms with Crippen molar-refractivity contribution in [2.24, 2.45) is 5.92 Å². The van der Waals surface area contributed by atoms with E-state index in [1.165, 1.54) is 12.0 Å². The number of Topliss-reactive ketones (excluding diaryl/α,β-unsaturated/α-hetero) is 1. The van der Waals surface area contributed by atoms with Crippen LogP contribution >= 0.6 is 0 Å². The molecule has 0 aliphatic carbocycles. The van der Waals surface area contributed by atoms with Gasteiger partial charge in [-0.05, 0) is 66.4 Å². The molecule has 40 heavy (non-hydrogen) atoms. The summed E-state index contributed by atoms with van der Waals surface area (Å²) in [5.41, 5.74) is 2.94. The number of aryl methyl sites for hydroxylation is 1. The molecule has 2 N–H and O–H groups in total. The highest BCUT2D eigenvalue weighted by Crippen LogP contribution is 2.43. The molecule has 2 heterocycles. The number of benzene rings is 3. The van der Waals surface area contributed by atoms with Crippen LogP contribution in [0.4, 0.5) is 5.95 Å². The monoisotopic (exact) mass is 541 g/mol. The number of aliphatic hydroxyl groups is 1. The second kappa shape index (κ2) is 10.8. The summed E-state index contributed by atoms with van der Waals surface area (Å²) in [6.07, 6.45) is 0. The van der Waals surface area contributed by atoms with E-state index in [-0.39, 0.29) is 17.3 Å². The number of carbonyl (C=O) groups excluding carboxylic acids is 2. The quantitative estimate of drug-likeness (QED) is 0.171. The van der Waals surface area contributed by atoms with Crippen LogP contribution < -0.4 is 19.1 Å². The first kappa shape index (κ1) is 26.8. The van der Waals surface area contributed by atoms with Crippen LogP contribution in [0, 0.1) is 12.8 Å². The highest BCUT2D eigenvalue weighted by atomic mass is 16.5. The molecular formula is C31H31N3O6. The molecule has 1 atom stereocenters. The van der Waals surface area contributed by atoms with E-state index < -0.39 is 17.7 Å². The number of hydrogen-bond donors (Lipinski definition) is 2. The van der Waals surface area contributed by atoms with Crippen molar-refractivity contribution in [2.45, 2.75) is 26.8 Å². The molecule has 0 spiro atoms. The van der Waals surface area contributed by atoms with Crippen LogP contribution in [0.2, 0.25) is 0 Å². The van der Waals surface area contributed by atoms with Gasteiger partial charge in [0.15, 0.2) is 0 Å². The average Bonchev–Trinajstić information content (AvgIpc) is 3.49. The standard InChI is InChI=1S/C31H31N3O6/c1-17(2)16-40-25-12-9-20(13-18(25)3)28(35)26-27(19-7-6-8-21(14-19)38-4)34(30(37)29(26)36)31-32-23-11-10-22(39-5)15-24(23)33-31/h6-15,17,27,35H,16H2,1-5H3,(H,32,33)/b28-26+. The predicted molar refractivity (Wildman–Crippen MR) is 152 cm³/mol. The van der Waals surface area contributed by atoms with Gasteiger partial charge in [-0.15, -0.1) is 0 Å². The highest BCUT2D eigenvalue weighted by molar-refractivity contribution is 6.51. The van der Waals surface area contributed by atoms with Gasteiger partial charge in [0.25, 0.3) is 5.78 Å². The lowest BCUT2D eigenvalue weighted by Crippen LogP contribution is -2.30. The molecule has 206 valence electrons. The first-order valence-corrected chi connectivity index (χ1v) is 12.9. The summed E-state index contributed by atoms with van der Waals surface area (Å²) < 4.78 is 16.6. The third kappa shape index (κ3) is 4.86. The maximum atomic E-state index is 13.6. The number of fused-ring (bicyclic) bond motifs is 1. The van der Waals surface area contributed by atoms with E-state index in [9.17, 15) is 14.7 Å². The van der Waals surface area contributed by atoms with Crippen molar-refractivity contribution in [2.75, 3.05) is 25.7 Å². The van der Waals surface area contributed by atoms with E-state index in [0.29, 0.717) is 51.9 Å². The van der Waals surface area contributed by atoms with Crippen molar-refractivity contribution in [3.8, 4) is 17.2 Å². The van der Waals surface area contributed by atoms with Crippen LogP contribution in [-0.2, 0) is 9.59 Å². The van der Waals surface area contributed by atoms with E-state index in [2.05, 4.69) is 23.8 Å². The van der Waals surface area contributed by atoms with E-state index >= 15 is 0 Å². The van der Waals surface area contributed by atoms with Crippen molar-refractivity contribution in [3.05, 3.63) is 82.9 Å². The van der Waals surface area contributed by atoms with Gasteiger partial charge in [-0.25, -0.2) is 4.98 Å². The number of ether oxygens (including phenoxy) is 3. The van der Waals surface area contributed by atoms with Gasteiger partial charge in [0.1, 0.15) is 23.0 Å². The Hall–Kier alpha value is -4.79. The molecular weight excluding hydrogens is 510 g/mol. The number of amides is 1. The number of aromatic amines is 1. The van der Waals surface area contributed by atoms with Crippen molar-refractivity contribution < 1.29 is 28.9 Å². The van der Waals surface area contributed by atoms with Gasteiger partial charge < -0.3 is 24.3 Å². The minimum atomic E-state index is -0.963. The number of nitrogens with one attached hydrogen (secondary N) is 1. The fourth-order valence-corrected chi connectivity index (χ4v) is 4.76. The smallest absolute Gasteiger partial charge is 0.302 e. The molecule has 3 aromatic carbocycles. The van der Waals surface area contributed by atoms with Gasteiger partial charge in [-0.1, -0.05) is 26.0 Å². The Morgan fingerprint density at radius 3 is 2.48 bits per heavy atom. The fourth-order valence-electron chi connectivity index (χ4n) is 4.76. The molecule has 4 aromatic rings. The zero-order chi connectivity index (χ0) is 28.6. The normalized spacial score (nSPS) is 16.6. The number of rotatable bonds is 8. The number of aliphatic hydroxyl groups excluding tert-OH is 1. The lowest BCUT2D eigenvalue weighted by atomic mass is 9.94. The van der Waals surface area contributed by atoms with Crippen molar-refractivity contribution in [3.63, 3.8) is 0 Å². The molecule has 0 radical (unpaired) electrons. The van der Waals surface area contributed by atoms with Gasteiger partial charge in [0.05, 0.1) is 43.5 Å². The number of ketones is 1. The van der Waals surface area contributed by atoms with Gasteiger partial charge in [0, 0.05) is 11.6 Å². The molecule has 1 saturated heterocycles. The molecule has 1 unspecified atom stereocenters. The number of methoxy groups -OCH3 is 2. The third-order valence-electron chi connectivity index (χ3n) is 6.78. The van der Waals surface area contributed by atoms with Gasteiger partial charge in [-0.3, -0.25) is 14.5 Å². The number of aromatic nitrogens is 2. The summed E-state index contributed by atoms with van der Waals surface area (Å²) in [6.45, 7) is 6.54. The van der Waals surface area contributed by atoms with Crippen molar-refractivity contribution in [1.29, 1.82) is 0 Å². The number of anilines is 1. The van der Waals surface area contributed by atoms with Gasteiger partial charge in [-0.2, -0.15) is 0 Å². The molecule has 1 aliphatic rings. The highest BCUT2D eigenvalue weighted by Gasteiger charge is 2.48. The van der Waals surface area contributed by atoms with Crippen molar-refractivity contribution in [1.82, 2.24) is 9.97 Å². The largest absolute Gasteiger partial charge is 0.507 e. The lowest BCUT2D eigenvalue weighted by Gasteiger charge is -2.23. The molecule has 0 saturated carbocycles. The zero-order valence-corrected chi connectivity index (χ0v) is 23.0. The molecule has 0 bridgehead atoms. The Morgan fingerprint density at radius 2 is 1.77 bits per heavy atom. The van der Waals surface area contributed by atoms with E-state index in [1.54, 1.807) is 67.8 Å². The summed E-state index contributed by atoms with van der Waals surface area (Å²) >= 11 is 0. The minimum Gasteiger partial charge on any atom is -0.507 e. The Morgan fingerprint density at radius 1 is 1.02 bits per heavy atom. The molecule has 1 aliphatic heterocycles. The first-order chi connectivity index (χ1) is 19.2. The van der Waals surface area contributed by atoms with E-state index in [4.69, 9.17) is 14.2 Å². The number of H-pyrrole nitrogens is 1. The Bertz CT molecular complexity index is 1640. The Labute approximate surface area is 232 Å². The second-order valence-electron chi connectivity index (χ2n) is 10.1. The number of hydrogen-bond acceptors (Lipinski definition) is 7. The number of imidazole rings is 1. The molecule has 1 aromatic heterocycles. The van der Waals surface area contributed by atoms with Crippen LogP contribution in [0.15, 0.2) is 66.2 Å². The SMILES string of the molecule is COc1cccc(C2/C(=C(\O)c3ccc(OCC(C)C)c(C)c3)C(=O)C(=O)N2c2nc3ccc(OC)cc3[nH]2)c1. The van der Waals surface area contributed by atoms with Gasteiger partial charge >= 0.3 is 5.91 Å². The Kier molecular flexibility index (Phi) is 7.21. The topological polar surface area (TPSA) is 114 Å². The summed E-state index contributed by atoms with van der Waals surface area (Å²) in [5.74, 6) is 0.453. The van der Waals surface area contributed by atoms with E-state index in [1.807, 2.05) is 6.92 Å². The predicted octanol–water partition coefficient (Wildman–Crippen LogP) is 5.55. The number of carbonyl (C=O) groups is 2. The molecule has 9 nitrogen and oxygen atoms in total. The zero-order valence-electron chi connectivity index (χ0n) is 23.0. The third-order valence-corrected chi connectivity index (χ3v) is 6.78. The summed E-state index contributed by atoms with van der Waals surface area (Å²) in [4.78, 5) is 36.1.